The van der Waals surface area contributed by atoms with Crippen molar-refractivity contribution in [2.75, 3.05) is 31.6 Å². The van der Waals surface area contributed by atoms with Crippen molar-refractivity contribution in [3.05, 3.63) is 17.8 Å². The summed E-state index contributed by atoms with van der Waals surface area (Å²) in [5, 5.41) is 16.5. The molecule has 6 nitrogen and oxygen atoms in total. The van der Waals surface area contributed by atoms with Gasteiger partial charge in [-0.1, -0.05) is 6.92 Å². The van der Waals surface area contributed by atoms with E-state index in [0.717, 1.165) is 31.9 Å². The largest absolute Gasteiger partial charge is 0.476 e. The summed E-state index contributed by atoms with van der Waals surface area (Å²) in [5.74, 6) is -0.287. The van der Waals surface area contributed by atoms with Gasteiger partial charge in [-0.3, -0.25) is 4.90 Å². The minimum atomic E-state index is -1.04. The molecule has 1 aliphatic rings. The molecule has 2 heterocycles. The summed E-state index contributed by atoms with van der Waals surface area (Å²) in [4.78, 5) is 15.2. The number of anilines is 1. The minimum Gasteiger partial charge on any atom is -0.476 e. The molecule has 1 atom stereocenters. The van der Waals surface area contributed by atoms with Crippen LogP contribution in [0.4, 0.5) is 5.82 Å². The lowest BCUT2D eigenvalue weighted by Crippen LogP contribution is -2.51. The van der Waals surface area contributed by atoms with E-state index in [9.17, 15) is 4.79 Å². The first-order valence-corrected chi connectivity index (χ1v) is 6.14. The predicted molar refractivity (Wildman–Crippen MR) is 67.9 cm³/mol. The van der Waals surface area contributed by atoms with Crippen molar-refractivity contribution < 1.29 is 9.90 Å². The molecule has 18 heavy (non-hydrogen) atoms. The quantitative estimate of drug-likeness (QED) is 0.852. The lowest BCUT2D eigenvalue weighted by Gasteiger charge is -2.39. The van der Waals surface area contributed by atoms with Crippen LogP contribution < -0.4 is 4.90 Å². The Kier molecular flexibility index (Phi) is 3.76. The topological polar surface area (TPSA) is 69.6 Å². The van der Waals surface area contributed by atoms with Crippen molar-refractivity contribution in [1.29, 1.82) is 0 Å². The van der Waals surface area contributed by atoms with Gasteiger partial charge < -0.3 is 10.0 Å². The number of nitrogens with zero attached hydrogens (tertiary/aromatic N) is 4. The van der Waals surface area contributed by atoms with Gasteiger partial charge in [0.2, 0.25) is 0 Å². The molecule has 1 aliphatic heterocycles. The van der Waals surface area contributed by atoms with E-state index in [4.69, 9.17) is 5.11 Å². The van der Waals surface area contributed by atoms with Gasteiger partial charge in [0.1, 0.15) is 0 Å². The number of aromatic carboxylic acids is 1. The van der Waals surface area contributed by atoms with Crippen molar-refractivity contribution in [2.24, 2.45) is 0 Å². The number of piperazine rings is 1. The molecular weight excluding hydrogens is 232 g/mol. The molecule has 1 aromatic rings. The maximum atomic E-state index is 10.7. The second kappa shape index (κ2) is 5.30. The predicted octanol–water partition coefficient (Wildman–Crippen LogP) is 0.705. The van der Waals surface area contributed by atoms with Gasteiger partial charge in [-0.25, -0.2) is 4.79 Å². The molecule has 1 N–H and O–H groups in total. The van der Waals surface area contributed by atoms with Crippen LogP contribution in [0.2, 0.25) is 0 Å². The molecule has 98 valence electrons. The molecule has 0 spiro atoms. The average molecular weight is 250 g/mol. The number of likely N-dealkylation sites (N-methyl/N-ethyl adjacent to an activating group) is 1. The SMILES string of the molecule is CCC1CN(c2ccc(C(=O)O)nn2)CCN1C. The summed E-state index contributed by atoms with van der Waals surface area (Å²) >= 11 is 0. The van der Waals surface area contributed by atoms with Gasteiger partial charge >= 0.3 is 5.97 Å². The van der Waals surface area contributed by atoms with Crippen molar-refractivity contribution in [3.8, 4) is 0 Å². The van der Waals surface area contributed by atoms with Crippen LogP contribution in [0.3, 0.4) is 0 Å². The zero-order chi connectivity index (χ0) is 13.1. The molecule has 0 amide bonds. The second-order valence-corrected chi connectivity index (χ2v) is 4.57. The Hall–Kier alpha value is -1.69. The van der Waals surface area contributed by atoms with E-state index in [1.807, 2.05) is 0 Å². The Morgan fingerprint density at radius 3 is 2.78 bits per heavy atom. The van der Waals surface area contributed by atoms with Crippen LogP contribution in [-0.4, -0.2) is 58.9 Å². The average Bonchev–Trinajstić information content (AvgIpc) is 2.39. The fourth-order valence-electron chi connectivity index (χ4n) is 2.20. The second-order valence-electron chi connectivity index (χ2n) is 4.57. The lowest BCUT2D eigenvalue weighted by molar-refractivity contribution is 0.0689. The molecule has 1 unspecified atom stereocenters. The van der Waals surface area contributed by atoms with Crippen molar-refractivity contribution in [2.45, 2.75) is 19.4 Å². The van der Waals surface area contributed by atoms with Gasteiger partial charge in [0, 0.05) is 25.7 Å². The normalized spacial score (nSPS) is 21.0. The maximum Gasteiger partial charge on any atom is 0.356 e. The zero-order valence-corrected chi connectivity index (χ0v) is 10.7. The van der Waals surface area contributed by atoms with E-state index in [1.165, 1.54) is 6.07 Å². The summed E-state index contributed by atoms with van der Waals surface area (Å²) in [6.45, 7) is 4.97. The number of aromatic nitrogens is 2. The Bertz CT molecular complexity index is 421. The zero-order valence-electron chi connectivity index (χ0n) is 10.7. The Labute approximate surface area is 106 Å². The van der Waals surface area contributed by atoms with E-state index in [1.54, 1.807) is 6.07 Å². The third-order valence-electron chi connectivity index (χ3n) is 3.44. The highest BCUT2D eigenvalue weighted by molar-refractivity contribution is 5.85. The molecule has 1 fully saturated rings. The molecule has 1 aromatic heterocycles. The maximum absolute atomic E-state index is 10.7. The number of carbonyl (C=O) groups is 1. The van der Waals surface area contributed by atoms with Crippen LogP contribution in [0.5, 0.6) is 0 Å². The number of carboxylic acid groups (broad SMARTS) is 1. The van der Waals surface area contributed by atoms with Gasteiger partial charge in [0.05, 0.1) is 0 Å². The highest BCUT2D eigenvalue weighted by Gasteiger charge is 2.23. The molecular formula is C12H18N4O2. The highest BCUT2D eigenvalue weighted by atomic mass is 16.4. The number of carboxylic acids is 1. The number of hydrogen-bond donors (Lipinski definition) is 1. The van der Waals surface area contributed by atoms with E-state index < -0.39 is 5.97 Å². The summed E-state index contributed by atoms with van der Waals surface area (Å²) in [7, 11) is 2.13. The minimum absolute atomic E-state index is 0.0140. The molecule has 0 saturated carbocycles. The molecule has 0 aromatic carbocycles. The number of rotatable bonds is 3. The standard InChI is InChI=1S/C12H18N4O2/c1-3-9-8-16(7-6-15(9)2)11-5-4-10(12(17)18)13-14-11/h4-5,9H,3,6-8H2,1-2H3,(H,17,18). The summed E-state index contributed by atoms with van der Waals surface area (Å²) in [5.41, 5.74) is -0.0140. The first kappa shape index (κ1) is 12.8. The van der Waals surface area contributed by atoms with E-state index >= 15 is 0 Å². The van der Waals surface area contributed by atoms with Gasteiger partial charge in [-0.15, -0.1) is 10.2 Å². The van der Waals surface area contributed by atoms with Crippen LogP contribution in [0.1, 0.15) is 23.8 Å². The molecule has 6 heteroatoms. The van der Waals surface area contributed by atoms with Crippen molar-refractivity contribution in [3.63, 3.8) is 0 Å². The van der Waals surface area contributed by atoms with Gasteiger partial charge in [-0.2, -0.15) is 0 Å². The lowest BCUT2D eigenvalue weighted by atomic mass is 10.1. The Balaban J connectivity index is 2.09. The smallest absolute Gasteiger partial charge is 0.356 e. The van der Waals surface area contributed by atoms with Crippen molar-refractivity contribution in [1.82, 2.24) is 15.1 Å². The van der Waals surface area contributed by atoms with Crippen LogP contribution in [0, 0.1) is 0 Å². The third kappa shape index (κ3) is 2.59. The summed E-state index contributed by atoms with van der Waals surface area (Å²) in [6.07, 6.45) is 1.09. The van der Waals surface area contributed by atoms with Crippen LogP contribution >= 0.6 is 0 Å². The first-order valence-electron chi connectivity index (χ1n) is 6.14. The van der Waals surface area contributed by atoms with Gasteiger partial charge in [-0.05, 0) is 25.6 Å². The van der Waals surface area contributed by atoms with Gasteiger partial charge in [0.15, 0.2) is 11.5 Å². The summed E-state index contributed by atoms with van der Waals surface area (Å²) in [6, 6.07) is 3.75. The third-order valence-corrected chi connectivity index (χ3v) is 3.44. The Morgan fingerprint density at radius 2 is 2.22 bits per heavy atom. The number of hydrogen-bond acceptors (Lipinski definition) is 5. The van der Waals surface area contributed by atoms with Crippen molar-refractivity contribution >= 4 is 11.8 Å². The first-order chi connectivity index (χ1) is 8.61. The monoisotopic (exact) mass is 250 g/mol. The highest BCUT2D eigenvalue weighted by Crippen LogP contribution is 2.17. The molecule has 0 bridgehead atoms. The molecule has 2 rings (SSSR count). The summed E-state index contributed by atoms with van der Waals surface area (Å²) < 4.78 is 0. The molecule has 0 aliphatic carbocycles. The van der Waals surface area contributed by atoms with E-state index in [-0.39, 0.29) is 5.69 Å². The van der Waals surface area contributed by atoms with E-state index in [2.05, 4.69) is 34.0 Å². The molecule has 0 radical (unpaired) electrons. The fraction of sp³-hybridized carbons (Fsp3) is 0.583. The fourth-order valence-corrected chi connectivity index (χ4v) is 2.20. The van der Waals surface area contributed by atoms with E-state index in [0.29, 0.717) is 6.04 Å². The van der Waals surface area contributed by atoms with Crippen LogP contribution in [0.15, 0.2) is 12.1 Å². The van der Waals surface area contributed by atoms with Crippen LogP contribution in [-0.2, 0) is 0 Å². The Morgan fingerprint density at radius 1 is 1.44 bits per heavy atom. The van der Waals surface area contributed by atoms with Crippen LogP contribution in [0.25, 0.3) is 0 Å². The van der Waals surface area contributed by atoms with Gasteiger partial charge in [0.25, 0.3) is 0 Å². The molecule has 1 saturated heterocycles.